The molecule has 1 amide bonds. The summed E-state index contributed by atoms with van der Waals surface area (Å²) < 4.78 is 19.2. The van der Waals surface area contributed by atoms with Crippen molar-refractivity contribution in [3.63, 3.8) is 0 Å². The van der Waals surface area contributed by atoms with E-state index >= 15 is 0 Å². The lowest BCUT2D eigenvalue weighted by Gasteiger charge is -2.39. The lowest BCUT2D eigenvalue weighted by Crippen LogP contribution is -2.50. The van der Waals surface area contributed by atoms with E-state index in [4.69, 9.17) is 4.52 Å². The summed E-state index contributed by atoms with van der Waals surface area (Å²) in [6.45, 7) is 5.14. The van der Waals surface area contributed by atoms with E-state index < -0.39 is 0 Å². The summed E-state index contributed by atoms with van der Waals surface area (Å²) in [5.41, 5.74) is 2.18. The molecule has 2 fully saturated rings. The van der Waals surface area contributed by atoms with Gasteiger partial charge in [-0.25, -0.2) is 4.39 Å². The summed E-state index contributed by atoms with van der Waals surface area (Å²) in [5, 5.41) is 3.98. The second kappa shape index (κ2) is 7.66. The Balaban J connectivity index is 1.76. The number of nitrogens with zero attached hydrogens (tertiary/aromatic N) is 3. The molecule has 2 aliphatic heterocycles. The highest BCUT2D eigenvalue weighted by Crippen LogP contribution is 2.39. The number of carbonyl (C=O) groups is 1. The van der Waals surface area contributed by atoms with Crippen LogP contribution < -0.4 is 0 Å². The predicted molar refractivity (Wildman–Crippen MR) is 105 cm³/mol. The van der Waals surface area contributed by atoms with Crippen LogP contribution in [-0.4, -0.2) is 53.1 Å². The number of hydrogen-bond donors (Lipinski definition) is 0. The molecule has 0 unspecified atom stereocenters. The van der Waals surface area contributed by atoms with Crippen LogP contribution in [0.4, 0.5) is 4.39 Å². The number of benzene rings is 1. The van der Waals surface area contributed by atoms with Gasteiger partial charge in [-0.1, -0.05) is 30.1 Å². The highest BCUT2D eigenvalue weighted by Gasteiger charge is 2.46. The number of fused-ring (bicyclic) bond motifs is 1. The zero-order valence-electron chi connectivity index (χ0n) is 16.8. The molecule has 1 aromatic carbocycles. The van der Waals surface area contributed by atoms with E-state index in [0.717, 1.165) is 37.8 Å². The van der Waals surface area contributed by atoms with E-state index in [9.17, 15) is 9.18 Å². The SMILES string of the molecule is Cc1noc(C)c1C(=O)N1CCCCC[C@@H]2[C@@H]1[C@H](c1cccc(F)c1)CN2C. The standard InChI is InChI=1S/C22H28FN3O2/c1-14-20(15(2)28-24-14)22(27)26-11-6-4-5-10-19-21(26)18(13-25(19)3)16-8-7-9-17(23)12-16/h7-9,12,18-19,21H,4-6,10-11,13H2,1-3H3/t18-,19+,21-/m0/s1. The lowest BCUT2D eigenvalue weighted by molar-refractivity contribution is 0.0584. The van der Waals surface area contributed by atoms with Gasteiger partial charge in [0.2, 0.25) is 0 Å². The Hall–Kier alpha value is -2.21. The molecule has 3 heterocycles. The van der Waals surface area contributed by atoms with E-state index in [-0.39, 0.29) is 29.7 Å². The van der Waals surface area contributed by atoms with Gasteiger partial charge in [-0.2, -0.15) is 0 Å². The smallest absolute Gasteiger partial charge is 0.259 e. The van der Waals surface area contributed by atoms with Crippen LogP contribution in [0.15, 0.2) is 28.8 Å². The molecular formula is C22H28FN3O2. The Morgan fingerprint density at radius 1 is 1.25 bits per heavy atom. The Kier molecular flexibility index (Phi) is 5.23. The van der Waals surface area contributed by atoms with Gasteiger partial charge in [-0.15, -0.1) is 0 Å². The second-order valence-corrected chi connectivity index (χ2v) is 8.21. The first-order valence-corrected chi connectivity index (χ1v) is 10.2. The quantitative estimate of drug-likeness (QED) is 0.786. The minimum absolute atomic E-state index is 0.00940. The van der Waals surface area contributed by atoms with Crippen molar-refractivity contribution < 1.29 is 13.7 Å². The second-order valence-electron chi connectivity index (χ2n) is 8.21. The van der Waals surface area contributed by atoms with Crippen molar-refractivity contribution in [2.24, 2.45) is 0 Å². The predicted octanol–water partition coefficient (Wildman–Crippen LogP) is 3.91. The zero-order valence-corrected chi connectivity index (χ0v) is 16.8. The topological polar surface area (TPSA) is 49.6 Å². The molecule has 4 rings (SSSR count). The van der Waals surface area contributed by atoms with Gasteiger partial charge in [0.05, 0.1) is 11.7 Å². The summed E-state index contributed by atoms with van der Waals surface area (Å²) in [5.74, 6) is 0.422. The fourth-order valence-electron chi connectivity index (χ4n) is 5.07. The van der Waals surface area contributed by atoms with Gasteiger partial charge in [0.25, 0.3) is 5.91 Å². The first kappa shape index (κ1) is 19.1. The van der Waals surface area contributed by atoms with Crippen molar-refractivity contribution in [1.82, 2.24) is 15.0 Å². The average Bonchev–Trinajstić information content (AvgIpc) is 3.14. The molecule has 0 N–H and O–H groups in total. The Morgan fingerprint density at radius 3 is 2.79 bits per heavy atom. The third kappa shape index (κ3) is 3.34. The van der Waals surface area contributed by atoms with E-state index in [2.05, 4.69) is 17.1 Å². The molecule has 150 valence electrons. The molecule has 2 saturated heterocycles. The van der Waals surface area contributed by atoms with Crippen LogP contribution >= 0.6 is 0 Å². The van der Waals surface area contributed by atoms with Crippen molar-refractivity contribution in [2.75, 3.05) is 20.1 Å². The number of rotatable bonds is 2. The molecule has 2 aliphatic rings. The van der Waals surface area contributed by atoms with Gasteiger partial charge in [0.1, 0.15) is 17.1 Å². The van der Waals surface area contributed by atoms with Crippen LogP contribution in [0.5, 0.6) is 0 Å². The Bertz CT molecular complexity index is 846. The van der Waals surface area contributed by atoms with Crippen molar-refractivity contribution in [2.45, 2.75) is 57.5 Å². The number of likely N-dealkylation sites (tertiary alicyclic amines) is 2. The number of carbonyl (C=O) groups excluding carboxylic acids is 1. The highest BCUT2D eigenvalue weighted by molar-refractivity contribution is 5.96. The number of aryl methyl sites for hydroxylation is 2. The minimum atomic E-state index is -0.224. The van der Waals surface area contributed by atoms with Gasteiger partial charge in [-0.3, -0.25) is 4.79 Å². The van der Waals surface area contributed by atoms with Crippen LogP contribution in [0.1, 0.15) is 59.0 Å². The van der Waals surface area contributed by atoms with Gasteiger partial charge in [0, 0.05) is 25.0 Å². The van der Waals surface area contributed by atoms with Crippen LogP contribution in [0.3, 0.4) is 0 Å². The van der Waals surface area contributed by atoms with Crippen molar-refractivity contribution in [3.05, 3.63) is 52.7 Å². The lowest BCUT2D eigenvalue weighted by atomic mass is 9.86. The summed E-state index contributed by atoms with van der Waals surface area (Å²) in [6.07, 6.45) is 4.32. The van der Waals surface area contributed by atoms with Gasteiger partial charge in [0.15, 0.2) is 0 Å². The fourth-order valence-corrected chi connectivity index (χ4v) is 5.07. The van der Waals surface area contributed by atoms with Gasteiger partial charge >= 0.3 is 0 Å². The first-order valence-electron chi connectivity index (χ1n) is 10.2. The molecule has 28 heavy (non-hydrogen) atoms. The highest BCUT2D eigenvalue weighted by atomic mass is 19.1. The Labute approximate surface area is 165 Å². The molecular weight excluding hydrogens is 357 g/mol. The largest absolute Gasteiger partial charge is 0.361 e. The maximum Gasteiger partial charge on any atom is 0.259 e. The first-order chi connectivity index (χ1) is 13.5. The molecule has 0 bridgehead atoms. The van der Waals surface area contributed by atoms with E-state index in [1.54, 1.807) is 19.1 Å². The number of likely N-dealkylation sites (N-methyl/N-ethyl adjacent to an activating group) is 1. The van der Waals surface area contributed by atoms with E-state index in [1.807, 2.05) is 17.9 Å². The summed E-state index contributed by atoms with van der Waals surface area (Å²) in [6, 6.07) is 7.15. The Morgan fingerprint density at radius 2 is 2.07 bits per heavy atom. The number of amides is 1. The van der Waals surface area contributed by atoms with Crippen molar-refractivity contribution in [3.8, 4) is 0 Å². The monoisotopic (exact) mass is 385 g/mol. The van der Waals surface area contributed by atoms with Gasteiger partial charge in [-0.05, 0) is 51.4 Å². The van der Waals surface area contributed by atoms with Crippen molar-refractivity contribution in [1.29, 1.82) is 0 Å². The molecule has 0 aliphatic carbocycles. The number of aromatic nitrogens is 1. The molecule has 0 spiro atoms. The maximum absolute atomic E-state index is 14.0. The molecule has 3 atom stereocenters. The number of hydrogen-bond acceptors (Lipinski definition) is 4. The summed E-state index contributed by atoms with van der Waals surface area (Å²) in [7, 11) is 2.12. The molecule has 5 nitrogen and oxygen atoms in total. The van der Waals surface area contributed by atoms with Crippen LogP contribution in [-0.2, 0) is 0 Å². The van der Waals surface area contributed by atoms with Crippen LogP contribution in [0, 0.1) is 19.7 Å². The summed E-state index contributed by atoms with van der Waals surface area (Å²) >= 11 is 0. The maximum atomic E-state index is 14.0. The molecule has 0 saturated carbocycles. The number of halogens is 1. The molecule has 2 aromatic rings. The molecule has 0 radical (unpaired) electrons. The third-order valence-electron chi connectivity index (χ3n) is 6.40. The fraction of sp³-hybridized carbons (Fsp3) is 0.545. The molecule has 1 aromatic heterocycles. The van der Waals surface area contributed by atoms with Gasteiger partial charge < -0.3 is 14.3 Å². The van der Waals surface area contributed by atoms with Crippen LogP contribution in [0.25, 0.3) is 0 Å². The minimum Gasteiger partial charge on any atom is -0.361 e. The summed E-state index contributed by atoms with van der Waals surface area (Å²) in [4.78, 5) is 18.0. The zero-order chi connectivity index (χ0) is 19.8. The van der Waals surface area contributed by atoms with E-state index in [0.29, 0.717) is 23.6 Å². The third-order valence-corrected chi connectivity index (χ3v) is 6.40. The van der Waals surface area contributed by atoms with E-state index in [1.165, 1.54) is 6.07 Å². The normalized spacial score (nSPS) is 26.0. The van der Waals surface area contributed by atoms with Crippen molar-refractivity contribution >= 4 is 5.91 Å². The van der Waals surface area contributed by atoms with Crippen LogP contribution in [0.2, 0.25) is 0 Å². The molecule has 6 heteroatoms. The average molecular weight is 385 g/mol.